The van der Waals surface area contributed by atoms with Gasteiger partial charge in [0.15, 0.2) is 0 Å². The van der Waals surface area contributed by atoms with Crippen molar-refractivity contribution in [2.45, 2.75) is 12.8 Å². The summed E-state index contributed by atoms with van der Waals surface area (Å²) in [6.07, 6.45) is 7.51. The Morgan fingerprint density at radius 2 is 1.92 bits per heavy atom. The Hall–Kier alpha value is -0.150. The quantitative estimate of drug-likeness (QED) is 0.773. The van der Waals surface area contributed by atoms with Gasteiger partial charge in [-0.15, -0.1) is 6.58 Å². The molecule has 0 bridgehead atoms. The van der Waals surface area contributed by atoms with Gasteiger partial charge < -0.3 is 0 Å². The van der Waals surface area contributed by atoms with Crippen LogP contribution in [0.2, 0.25) is 0 Å². The first kappa shape index (κ1) is 9.93. The highest BCUT2D eigenvalue weighted by atomic mass is 79.9. The smallest absolute Gasteiger partial charge is 0.0413 e. The first-order valence-corrected chi connectivity index (χ1v) is 5.23. The molecule has 0 aromatic carbocycles. The summed E-state index contributed by atoms with van der Waals surface area (Å²) in [6.45, 7) is 3.69. The van der Waals surface area contributed by atoms with Crippen LogP contribution in [0, 0.1) is 0 Å². The summed E-state index contributed by atoms with van der Waals surface area (Å²) < 4.78 is 2.11. The van der Waals surface area contributed by atoms with Gasteiger partial charge in [0.25, 0.3) is 0 Å². The van der Waals surface area contributed by atoms with E-state index in [1.54, 1.807) is 0 Å². The minimum absolute atomic E-state index is 0.987. The van der Waals surface area contributed by atoms with Crippen LogP contribution >= 0.6 is 31.9 Å². The van der Waals surface area contributed by atoms with Crippen LogP contribution in [0.15, 0.2) is 34.0 Å². The van der Waals surface area contributed by atoms with Gasteiger partial charge in [-0.1, -0.05) is 6.08 Å². The molecule has 0 spiro atoms. The van der Waals surface area contributed by atoms with Gasteiger partial charge in [-0.25, -0.2) is 0 Å². The van der Waals surface area contributed by atoms with E-state index in [1.165, 1.54) is 5.56 Å². The standard InChI is InChI=1S/C9H9Br2N/c1-2-3-4-7-8(10)5-12-6-9(7)11/h2,5-6H,1,3-4H2. The van der Waals surface area contributed by atoms with E-state index in [-0.39, 0.29) is 0 Å². The Morgan fingerprint density at radius 3 is 2.42 bits per heavy atom. The van der Waals surface area contributed by atoms with Crippen LogP contribution < -0.4 is 0 Å². The summed E-state index contributed by atoms with van der Waals surface area (Å²) in [6, 6.07) is 0. The molecule has 1 aromatic heterocycles. The van der Waals surface area contributed by atoms with Crippen molar-refractivity contribution in [3.8, 4) is 0 Å². The lowest BCUT2D eigenvalue weighted by Crippen LogP contribution is -1.88. The molecule has 3 heteroatoms. The molecule has 0 atom stereocenters. The first-order valence-electron chi connectivity index (χ1n) is 3.64. The number of aromatic nitrogens is 1. The molecule has 0 saturated heterocycles. The first-order chi connectivity index (χ1) is 5.75. The second-order valence-corrected chi connectivity index (χ2v) is 4.12. The summed E-state index contributed by atoms with van der Waals surface area (Å²) in [4.78, 5) is 4.03. The minimum atomic E-state index is 0.987. The molecule has 0 fully saturated rings. The van der Waals surface area contributed by atoms with E-state index < -0.39 is 0 Å². The Kier molecular flexibility index (Phi) is 3.95. The van der Waals surface area contributed by atoms with Crippen molar-refractivity contribution < 1.29 is 0 Å². The van der Waals surface area contributed by atoms with Crippen LogP contribution in [0.5, 0.6) is 0 Å². The molecule has 1 aromatic rings. The van der Waals surface area contributed by atoms with E-state index in [0.29, 0.717) is 0 Å². The summed E-state index contributed by atoms with van der Waals surface area (Å²) >= 11 is 6.90. The van der Waals surface area contributed by atoms with Gasteiger partial charge in [0.05, 0.1) is 0 Å². The molecule has 0 saturated carbocycles. The Morgan fingerprint density at radius 1 is 1.33 bits per heavy atom. The van der Waals surface area contributed by atoms with E-state index in [0.717, 1.165) is 21.8 Å². The molecule has 12 heavy (non-hydrogen) atoms. The number of halogens is 2. The highest BCUT2D eigenvalue weighted by Gasteiger charge is 2.03. The Bertz CT molecular complexity index is 264. The highest BCUT2D eigenvalue weighted by molar-refractivity contribution is 9.11. The zero-order valence-corrected chi connectivity index (χ0v) is 9.73. The average molecular weight is 291 g/mol. The van der Waals surface area contributed by atoms with E-state index in [4.69, 9.17) is 0 Å². The molecule has 64 valence electrons. The van der Waals surface area contributed by atoms with Gasteiger partial charge in [-0.05, 0) is 50.3 Å². The molecule has 1 nitrogen and oxygen atoms in total. The fraction of sp³-hybridized carbons (Fsp3) is 0.222. The summed E-state index contributed by atoms with van der Waals surface area (Å²) in [5.41, 5.74) is 1.25. The molecular formula is C9H9Br2N. The van der Waals surface area contributed by atoms with Gasteiger partial charge in [-0.3, -0.25) is 4.98 Å². The monoisotopic (exact) mass is 289 g/mol. The van der Waals surface area contributed by atoms with E-state index in [2.05, 4.69) is 43.4 Å². The molecule has 0 aliphatic rings. The molecule has 0 unspecified atom stereocenters. The van der Waals surface area contributed by atoms with Gasteiger partial charge >= 0.3 is 0 Å². The van der Waals surface area contributed by atoms with Gasteiger partial charge in [0.1, 0.15) is 0 Å². The normalized spacial score (nSPS) is 9.83. The SMILES string of the molecule is C=CCCc1c(Br)cncc1Br. The maximum atomic E-state index is 4.03. The number of hydrogen-bond donors (Lipinski definition) is 0. The maximum absolute atomic E-state index is 4.03. The van der Waals surface area contributed by atoms with Crippen molar-refractivity contribution in [1.29, 1.82) is 0 Å². The largest absolute Gasteiger partial charge is 0.262 e. The fourth-order valence-corrected chi connectivity index (χ4v) is 2.25. The van der Waals surface area contributed by atoms with Gasteiger partial charge in [-0.2, -0.15) is 0 Å². The van der Waals surface area contributed by atoms with Crippen molar-refractivity contribution in [2.24, 2.45) is 0 Å². The lowest BCUT2D eigenvalue weighted by Gasteiger charge is -2.03. The number of pyridine rings is 1. The molecule has 0 aliphatic heterocycles. The van der Waals surface area contributed by atoms with Crippen molar-refractivity contribution >= 4 is 31.9 Å². The van der Waals surface area contributed by atoms with E-state index >= 15 is 0 Å². The lowest BCUT2D eigenvalue weighted by molar-refractivity contribution is 0.979. The average Bonchev–Trinajstić information content (AvgIpc) is 2.04. The molecule has 1 rings (SSSR count). The number of nitrogens with zero attached hydrogens (tertiary/aromatic N) is 1. The summed E-state index contributed by atoms with van der Waals surface area (Å²) in [5.74, 6) is 0. The molecule has 0 radical (unpaired) electrons. The highest BCUT2D eigenvalue weighted by Crippen LogP contribution is 2.24. The maximum Gasteiger partial charge on any atom is 0.0413 e. The number of allylic oxidation sites excluding steroid dienone is 1. The second-order valence-electron chi connectivity index (χ2n) is 2.41. The molecule has 1 heterocycles. The summed E-state index contributed by atoms with van der Waals surface area (Å²) in [7, 11) is 0. The minimum Gasteiger partial charge on any atom is -0.262 e. The molecule has 0 aliphatic carbocycles. The predicted molar refractivity (Wildman–Crippen MR) is 58.2 cm³/mol. The van der Waals surface area contributed by atoms with Gasteiger partial charge in [0, 0.05) is 21.3 Å². The summed E-state index contributed by atoms with van der Waals surface area (Å²) in [5, 5.41) is 0. The van der Waals surface area contributed by atoms with Crippen LogP contribution in [0.25, 0.3) is 0 Å². The van der Waals surface area contributed by atoms with Crippen LogP contribution in [0.1, 0.15) is 12.0 Å². The molecule has 0 N–H and O–H groups in total. The molecule has 0 amide bonds. The number of hydrogen-bond acceptors (Lipinski definition) is 1. The van der Waals surface area contributed by atoms with Crippen LogP contribution in [-0.2, 0) is 6.42 Å². The Labute approximate surface area is 89.2 Å². The van der Waals surface area contributed by atoms with Gasteiger partial charge in [0.2, 0.25) is 0 Å². The van der Waals surface area contributed by atoms with Crippen molar-refractivity contribution in [3.05, 3.63) is 39.6 Å². The topological polar surface area (TPSA) is 12.9 Å². The lowest BCUT2D eigenvalue weighted by atomic mass is 10.1. The Balaban J connectivity index is 2.88. The number of rotatable bonds is 3. The van der Waals surface area contributed by atoms with Crippen LogP contribution in [-0.4, -0.2) is 4.98 Å². The van der Waals surface area contributed by atoms with Crippen molar-refractivity contribution in [1.82, 2.24) is 4.98 Å². The van der Waals surface area contributed by atoms with E-state index in [9.17, 15) is 0 Å². The molecular weight excluding hydrogens is 282 g/mol. The fourth-order valence-electron chi connectivity index (χ4n) is 0.923. The van der Waals surface area contributed by atoms with Crippen LogP contribution in [0.3, 0.4) is 0 Å². The third-order valence-corrected chi connectivity index (χ3v) is 2.92. The zero-order valence-electron chi connectivity index (χ0n) is 6.56. The van der Waals surface area contributed by atoms with E-state index in [1.807, 2.05) is 18.5 Å². The van der Waals surface area contributed by atoms with Crippen molar-refractivity contribution in [2.75, 3.05) is 0 Å². The second kappa shape index (κ2) is 4.77. The predicted octanol–water partition coefficient (Wildman–Crippen LogP) is 3.73. The van der Waals surface area contributed by atoms with Crippen LogP contribution in [0.4, 0.5) is 0 Å². The third kappa shape index (κ3) is 2.42. The zero-order chi connectivity index (χ0) is 8.97. The van der Waals surface area contributed by atoms with Crippen molar-refractivity contribution in [3.63, 3.8) is 0 Å². The third-order valence-electron chi connectivity index (χ3n) is 1.55.